The number of anilines is 1. The van der Waals surface area contributed by atoms with Crippen LogP contribution in [0.15, 0.2) is 48.5 Å². The second-order valence-corrected chi connectivity index (χ2v) is 9.49. The van der Waals surface area contributed by atoms with E-state index in [2.05, 4.69) is 9.88 Å². The summed E-state index contributed by atoms with van der Waals surface area (Å²) in [5, 5.41) is 13.3. The maximum atomic E-state index is 13.6. The summed E-state index contributed by atoms with van der Waals surface area (Å²) in [6.07, 6.45) is 0. The number of aryl methyl sites for hydroxylation is 1. The van der Waals surface area contributed by atoms with E-state index in [1.165, 1.54) is 0 Å². The van der Waals surface area contributed by atoms with Crippen LogP contribution in [-0.2, 0) is 0 Å². The Morgan fingerprint density at radius 3 is 2.71 bits per heavy atom. The van der Waals surface area contributed by atoms with Crippen LogP contribution in [-0.4, -0.2) is 60.6 Å². The van der Waals surface area contributed by atoms with Gasteiger partial charge in [-0.3, -0.25) is 4.79 Å². The van der Waals surface area contributed by atoms with E-state index in [0.29, 0.717) is 24.7 Å². The molecule has 1 aliphatic rings. The monoisotopic (exact) mass is 477 g/mol. The molecule has 0 unspecified atom stereocenters. The molecular formula is C27H28ClN3O3. The number of benzene rings is 3. The molecule has 1 aliphatic heterocycles. The number of likely N-dealkylation sites (N-methyl/N-ethyl adjacent to an activating group) is 1. The molecule has 0 saturated heterocycles. The number of aromatic nitrogens is 1. The summed E-state index contributed by atoms with van der Waals surface area (Å²) in [5.74, 6) is 1.22. The van der Waals surface area contributed by atoms with E-state index in [1.807, 2.05) is 63.5 Å². The third kappa shape index (κ3) is 3.87. The Morgan fingerprint density at radius 2 is 1.97 bits per heavy atom. The van der Waals surface area contributed by atoms with E-state index in [4.69, 9.17) is 16.3 Å². The van der Waals surface area contributed by atoms with Crippen LogP contribution in [0.5, 0.6) is 11.5 Å². The van der Waals surface area contributed by atoms with Gasteiger partial charge in [-0.05, 0) is 55.7 Å². The summed E-state index contributed by atoms with van der Waals surface area (Å²) in [5.41, 5.74) is 4.12. The highest BCUT2D eigenvalue weighted by molar-refractivity contribution is 6.19. The molecule has 1 aromatic heterocycles. The summed E-state index contributed by atoms with van der Waals surface area (Å²) in [6, 6.07) is 15.2. The van der Waals surface area contributed by atoms with Gasteiger partial charge in [0.05, 0.1) is 5.69 Å². The number of hydrogen-bond donors (Lipinski definition) is 2. The predicted molar refractivity (Wildman–Crippen MR) is 138 cm³/mol. The molecule has 0 fully saturated rings. The van der Waals surface area contributed by atoms with Gasteiger partial charge in [-0.25, -0.2) is 0 Å². The lowest BCUT2D eigenvalue weighted by Crippen LogP contribution is -2.30. The van der Waals surface area contributed by atoms with Crippen molar-refractivity contribution >= 4 is 44.9 Å². The summed E-state index contributed by atoms with van der Waals surface area (Å²) in [4.78, 5) is 20.7. The van der Waals surface area contributed by atoms with E-state index in [9.17, 15) is 9.90 Å². The van der Waals surface area contributed by atoms with Gasteiger partial charge in [0.25, 0.3) is 5.91 Å². The molecule has 2 N–H and O–H groups in total. The van der Waals surface area contributed by atoms with Crippen molar-refractivity contribution in [2.45, 2.75) is 12.8 Å². The fraction of sp³-hybridized carbons (Fsp3) is 0.296. The van der Waals surface area contributed by atoms with Crippen LogP contribution in [0.3, 0.4) is 0 Å². The van der Waals surface area contributed by atoms with Crippen LogP contribution in [0.4, 0.5) is 5.69 Å². The normalized spacial score (nSPS) is 15.4. The SMILES string of the molecule is Cc1cc2[nH]c(C(=O)N3C[C@@H](CCl)c4c3cc(O)c3ccccc43)cc2cc1OCCN(C)C. The number of amides is 1. The van der Waals surface area contributed by atoms with Gasteiger partial charge in [-0.15, -0.1) is 11.6 Å². The van der Waals surface area contributed by atoms with Crippen molar-refractivity contribution in [2.24, 2.45) is 0 Å². The molecule has 34 heavy (non-hydrogen) atoms. The van der Waals surface area contributed by atoms with Crippen molar-refractivity contribution in [3.8, 4) is 11.5 Å². The first-order valence-corrected chi connectivity index (χ1v) is 11.9. The molecule has 0 radical (unpaired) electrons. The molecule has 1 atom stereocenters. The second-order valence-electron chi connectivity index (χ2n) is 9.18. The number of fused-ring (bicyclic) bond motifs is 4. The highest BCUT2D eigenvalue weighted by atomic mass is 35.5. The fourth-order valence-electron chi connectivity index (χ4n) is 4.77. The van der Waals surface area contributed by atoms with Gasteiger partial charge in [0.2, 0.25) is 0 Å². The van der Waals surface area contributed by atoms with Crippen LogP contribution in [0.1, 0.15) is 27.5 Å². The smallest absolute Gasteiger partial charge is 0.274 e. The van der Waals surface area contributed by atoms with E-state index < -0.39 is 0 Å². The van der Waals surface area contributed by atoms with Crippen molar-refractivity contribution < 1.29 is 14.6 Å². The minimum absolute atomic E-state index is 0.00515. The van der Waals surface area contributed by atoms with Crippen LogP contribution in [0, 0.1) is 6.92 Å². The largest absolute Gasteiger partial charge is 0.507 e. The minimum Gasteiger partial charge on any atom is -0.507 e. The summed E-state index contributed by atoms with van der Waals surface area (Å²) in [6.45, 7) is 3.89. The van der Waals surface area contributed by atoms with Gasteiger partial charge < -0.3 is 24.6 Å². The lowest BCUT2D eigenvalue weighted by atomic mass is 9.95. The zero-order valence-corrected chi connectivity index (χ0v) is 20.3. The highest BCUT2D eigenvalue weighted by Gasteiger charge is 2.35. The fourth-order valence-corrected chi connectivity index (χ4v) is 5.02. The summed E-state index contributed by atoms with van der Waals surface area (Å²) < 4.78 is 5.96. The third-order valence-electron chi connectivity index (χ3n) is 6.52. The average molecular weight is 478 g/mol. The van der Waals surface area contributed by atoms with E-state index >= 15 is 0 Å². The number of rotatable bonds is 6. The molecule has 5 rings (SSSR count). The van der Waals surface area contributed by atoms with Gasteiger partial charge in [-0.2, -0.15) is 0 Å². The maximum absolute atomic E-state index is 13.6. The number of nitrogens with one attached hydrogen (secondary N) is 1. The Kier molecular flexibility index (Phi) is 5.88. The number of nitrogens with zero attached hydrogens (tertiary/aromatic N) is 2. The van der Waals surface area contributed by atoms with E-state index in [-0.39, 0.29) is 17.6 Å². The Bertz CT molecular complexity index is 1400. The van der Waals surface area contributed by atoms with Crippen LogP contribution in [0.25, 0.3) is 21.7 Å². The topological polar surface area (TPSA) is 68.8 Å². The van der Waals surface area contributed by atoms with E-state index in [1.54, 1.807) is 11.0 Å². The number of carbonyl (C=O) groups excluding carboxylic acids is 1. The van der Waals surface area contributed by atoms with Gasteiger partial charge in [0.15, 0.2) is 0 Å². The maximum Gasteiger partial charge on any atom is 0.274 e. The van der Waals surface area contributed by atoms with Gasteiger partial charge in [-0.1, -0.05) is 24.3 Å². The molecule has 0 bridgehead atoms. The van der Waals surface area contributed by atoms with Crippen molar-refractivity contribution in [3.63, 3.8) is 0 Å². The van der Waals surface area contributed by atoms with Gasteiger partial charge >= 0.3 is 0 Å². The molecule has 0 saturated carbocycles. The number of alkyl halides is 1. The third-order valence-corrected chi connectivity index (χ3v) is 6.89. The zero-order valence-electron chi connectivity index (χ0n) is 19.6. The van der Waals surface area contributed by atoms with Crippen molar-refractivity contribution in [3.05, 3.63) is 65.4 Å². The number of ether oxygens (including phenoxy) is 1. The Labute approximate surface area is 203 Å². The molecule has 0 spiro atoms. The highest BCUT2D eigenvalue weighted by Crippen LogP contribution is 2.45. The Hall–Kier alpha value is -3.22. The quantitative estimate of drug-likeness (QED) is 0.372. The Balaban J connectivity index is 1.50. The number of hydrogen-bond acceptors (Lipinski definition) is 4. The van der Waals surface area contributed by atoms with E-state index in [0.717, 1.165) is 50.8 Å². The van der Waals surface area contributed by atoms with Gasteiger partial charge in [0, 0.05) is 47.2 Å². The summed E-state index contributed by atoms with van der Waals surface area (Å²) in [7, 11) is 4.02. The van der Waals surface area contributed by atoms with Gasteiger partial charge in [0.1, 0.15) is 23.8 Å². The molecule has 2 heterocycles. The Morgan fingerprint density at radius 1 is 1.21 bits per heavy atom. The summed E-state index contributed by atoms with van der Waals surface area (Å²) >= 11 is 6.33. The lowest BCUT2D eigenvalue weighted by molar-refractivity contribution is 0.0984. The number of phenolic OH excluding ortho intramolecular Hbond substituents is 1. The number of aromatic hydroxyl groups is 1. The minimum atomic E-state index is -0.146. The van der Waals surface area contributed by atoms with Crippen LogP contribution >= 0.6 is 11.6 Å². The van der Waals surface area contributed by atoms with Crippen molar-refractivity contribution in [2.75, 3.05) is 44.6 Å². The molecule has 3 aromatic carbocycles. The molecule has 6 nitrogen and oxygen atoms in total. The first-order chi connectivity index (χ1) is 16.4. The second kappa shape index (κ2) is 8.85. The van der Waals surface area contributed by atoms with Crippen LogP contribution in [0.2, 0.25) is 0 Å². The lowest BCUT2D eigenvalue weighted by Gasteiger charge is -2.17. The number of H-pyrrole nitrogens is 1. The standard InChI is InChI=1S/C27H28ClN3O3/c1-16-10-21-17(12-25(16)34-9-8-30(2)3)11-22(29-21)27(33)31-15-18(14-28)26-20-7-5-4-6-19(20)24(32)13-23(26)31/h4-7,10-13,18,29,32H,8-9,14-15H2,1-3H3/t18-/m1/s1. The number of carbonyl (C=O) groups is 1. The van der Waals surface area contributed by atoms with Crippen molar-refractivity contribution in [1.82, 2.24) is 9.88 Å². The number of halogens is 1. The molecule has 4 aromatic rings. The number of phenols is 1. The zero-order chi connectivity index (χ0) is 24.0. The first-order valence-electron chi connectivity index (χ1n) is 11.4. The molecule has 7 heteroatoms. The molecule has 176 valence electrons. The van der Waals surface area contributed by atoms with Crippen molar-refractivity contribution in [1.29, 1.82) is 0 Å². The molecule has 0 aliphatic carbocycles. The molecular weight excluding hydrogens is 450 g/mol. The number of aromatic amines is 1. The first kappa shape index (κ1) is 22.6. The average Bonchev–Trinajstić information content (AvgIpc) is 3.39. The predicted octanol–water partition coefficient (Wildman–Crippen LogP) is 5.26. The molecule has 1 amide bonds. The van der Waals surface area contributed by atoms with Crippen LogP contribution < -0.4 is 9.64 Å².